The van der Waals surface area contributed by atoms with Crippen molar-refractivity contribution in [1.82, 2.24) is 15.5 Å². The molecule has 21 heavy (non-hydrogen) atoms. The Morgan fingerprint density at radius 2 is 2.10 bits per heavy atom. The summed E-state index contributed by atoms with van der Waals surface area (Å²) in [6.45, 7) is 2.73. The van der Waals surface area contributed by atoms with Gasteiger partial charge >= 0.3 is 0 Å². The zero-order valence-corrected chi connectivity index (χ0v) is 11.9. The highest BCUT2D eigenvalue weighted by Crippen LogP contribution is 2.21. The van der Waals surface area contributed by atoms with Crippen molar-refractivity contribution in [2.24, 2.45) is 0 Å². The molecule has 5 nitrogen and oxygen atoms in total. The van der Waals surface area contributed by atoms with E-state index in [0.717, 1.165) is 5.56 Å². The van der Waals surface area contributed by atoms with Gasteiger partial charge in [0, 0.05) is 25.1 Å². The lowest BCUT2D eigenvalue weighted by atomic mass is 10.2. The van der Waals surface area contributed by atoms with Crippen molar-refractivity contribution in [2.75, 3.05) is 0 Å². The number of benzene rings is 1. The Morgan fingerprint density at radius 3 is 2.81 bits per heavy atom. The van der Waals surface area contributed by atoms with Crippen molar-refractivity contribution < 1.29 is 13.5 Å². The van der Waals surface area contributed by atoms with Gasteiger partial charge in [0.1, 0.15) is 11.6 Å². The van der Waals surface area contributed by atoms with E-state index in [9.17, 15) is 4.39 Å². The number of aromatic nitrogens is 2. The molecule has 112 valence electrons. The highest BCUT2D eigenvalue weighted by atomic mass is 19.1. The van der Waals surface area contributed by atoms with Crippen LogP contribution in [0.3, 0.4) is 0 Å². The molecular formula is C15H18FN3O2. The molecule has 0 radical (unpaired) electrons. The van der Waals surface area contributed by atoms with Gasteiger partial charge in [-0.2, -0.15) is 0 Å². The number of aryl methyl sites for hydroxylation is 1. The van der Waals surface area contributed by atoms with Gasteiger partial charge in [0.25, 0.3) is 5.89 Å². The molecular weight excluding hydrogens is 273 g/mol. The van der Waals surface area contributed by atoms with Crippen LogP contribution < -0.4 is 10.1 Å². The first kappa shape index (κ1) is 14.0. The molecule has 2 aromatic rings. The van der Waals surface area contributed by atoms with Crippen molar-refractivity contribution in [3.05, 3.63) is 41.4 Å². The van der Waals surface area contributed by atoms with Gasteiger partial charge in [-0.05, 0) is 30.5 Å². The molecule has 1 fully saturated rings. The third-order valence-electron chi connectivity index (χ3n) is 3.28. The molecule has 6 heteroatoms. The summed E-state index contributed by atoms with van der Waals surface area (Å²) in [5.41, 5.74) is 0.872. The van der Waals surface area contributed by atoms with Gasteiger partial charge in [0.15, 0.2) is 6.61 Å². The van der Waals surface area contributed by atoms with Crippen molar-refractivity contribution in [2.45, 2.75) is 45.4 Å². The molecule has 0 saturated heterocycles. The van der Waals surface area contributed by atoms with Crippen LogP contribution in [0.25, 0.3) is 0 Å². The maximum absolute atomic E-state index is 13.6. The van der Waals surface area contributed by atoms with Gasteiger partial charge in [0.2, 0.25) is 5.89 Å². The molecule has 1 N–H and O–H groups in total. The molecule has 1 aliphatic carbocycles. The van der Waals surface area contributed by atoms with Gasteiger partial charge in [0.05, 0.1) is 0 Å². The van der Waals surface area contributed by atoms with Crippen LogP contribution in [0, 0.1) is 5.82 Å². The highest BCUT2D eigenvalue weighted by Gasteiger charge is 2.20. The Kier molecular flexibility index (Phi) is 4.15. The van der Waals surface area contributed by atoms with Crippen LogP contribution in [0.15, 0.2) is 22.6 Å². The first-order valence-electron chi connectivity index (χ1n) is 7.20. The van der Waals surface area contributed by atoms with Crippen LogP contribution >= 0.6 is 0 Å². The molecule has 0 spiro atoms. The average molecular weight is 291 g/mol. The topological polar surface area (TPSA) is 60.2 Å². The lowest BCUT2D eigenvalue weighted by molar-refractivity contribution is 0.258. The minimum absolute atomic E-state index is 0.145. The van der Waals surface area contributed by atoms with E-state index in [0.29, 0.717) is 36.5 Å². The quantitative estimate of drug-likeness (QED) is 0.849. The molecule has 1 saturated carbocycles. The van der Waals surface area contributed by atoms with Crippen molar-refractivity contribution >= 4 is 0 Å². The average Bonchev–Trinajstić information content (AvgIpc) is 3.19. The predicted molar refractivity (Wildman–Crippen MR) is 74.3 cm³/mol. The molecule has 0 aliphatic heterocycles. The van der Waals surface area contributed by atoms with Gasteiger partial charge in [-0.1, -0.05) is 6.92 Å². The number of hydrogen-bond donors (Lipinski definition) is 1. The fourth-order valence-electron chi connectivity index (χ4n) is 1.99. The third-order valence-corrected chi connectivity index (χ3v) is 3.28. The monoisotopic (exact) mass is 291 g/mol. The summed E-state index contributed by atoms with van der Waals surface area (Å²) in [5, 5.41) is 11.1. The Labute approximate surface area is 122 Å². The van der Waals surface area contributed by atoms with Crippen LogP contribution in [-0.2, 0) is 19.6 Å². The Morgan fingerprint density at radius 1 is 1.29 bits per heavy atom. The number of nitrogens with zero attached hydrogens (tertiary/aromatic N) is 2. The zero-order chi connectivity index (χ0) is 14.7. The largest absolute Gasteiger partial charge is 0.484 e. The maximum atomic E-state index is 13.6. The first-order chi connectivity index (χ1) is 10.2. The van der Waals surface area contributed by atoms with Gasteiger partial charge < -0.3 is 14.5 Å². The summed E-state index contributed by atoms with van der Waals surface area (Å²) < 4.78 is 24.5. The fourth-order valence-corrected chi connectivity index (χ4v) is 1.99. The van der Waals surface area contributed by atoms with E-state index < -0.39 is 0 Å². The Bertz CT molecular complexity index is 611. The minimum atomic E-state index is -0.306. The van der Waals surface area contributed by atoms with E-state index in [1.807, 2.05) is 13.0 Å². The summed E-state index contributed by atoms with van der Waals surface area (Å²) in [6.07, 6.45) is 3.09. The lowest BCUT2D eigenvalue weighted by Crippen LogP contribution is -2.15. The number of ether oxygens (including phenoxy) is 1. The number of rotatable bonds is 7. The van der Waals surface area contributed by atoms with E-state index in [1.165, 1.54) is 25.0 Å². The Hall–Kier alpha value is -1.95. The van der Waals surface area contributed by atoms with Gasteiger partial charge in [-0.3, -0.25) is 0 Å². The summed E-state index contributed by atoms with van der Waals surface area (Å²) >= 11 is 0. The second kappa shape index (κ2) is 6.22. The van der Waals surface area contributed by atoms with E-state index in [1.54, 1.807) is 0 Å². The summed E-state index contributed by atoms with van der Waals surface area (Å²) in [6, 6.07) is 5.29. The second-order valence-electron chi connectivity index (χ2n) is 5.18. The van der Waals surface area contributed by atoms with E-state index in [2.05, 4.69) is 15.5 Å². The first-order valence-corrected chi connectivity index (χ1v) is 7.20. The molecule has 0 unspecified atom stereocenters. The molecule has 0 amide bonds. The SMILES string of the molecule is CCc1nnc(COc2cc(F)cc(CNC3CC3)c2)o1. The molecule has 1 aromatic heterocycles. The van der Waals surface area contributed by atoms with Crippen LogP contribution in [0.5, 0.6) is 5.75 Å². The standard InChI is InChI=1S/C15H18FN3O2/c1-2-14-18-19-15(21-14)9-20-13-6-10(5-11(16)7-13)8-17-12-3-4-12/h5-7,12,17H,2-4,8-9H2,1H3. The molecule has 3 rings (SSSR count). The highest BCUT2D eigenvalue weighted by molar-refractivity contribution is 5.29. The summed E-state index contributed by atoms with van der Waals surface area (Å²) in [5.74, 6) is 1.13. The van der Waals surface area contributed by atoms with Gasteiger partial charge in [-0.15, -0.1) is 10.2 Å². The smallest absolute Gasteiger partial charge is 0.253 e. The minimum Gasteiger partial charge on any atom is -0.484 e. The molecule has 0 bridgehead atoms. The van der Waals surface area contributed by atoms with Crippen LogP contribution in [0.4, 0.5) is 4.39 Å². The molecule has 0 atom stereocenters. The second-order valence-corrected chi connectivity index (χ2v) is 5.18. The molecule has 1 aromatic carbocycles. The molecule has 1 aliphatic rings. The normalized spacial score (nSPS) is 14.4. The van der Waals surface area contributed by atoms with E-state index >= 15 is 0 Å². The lowest BCUT2D eigenvalue weighted by Gasteiger charge is -2.08. The predicted octanol–water partition coefficient (Wildman–Crippen LogP) is 2.60. The zero-order valence-electron chi connectivity index (χ0n) is 11.9. The van der Waals surface area contributed by atoms with E-state index in [-0.39, 0.29) is 12.4 Å². The third kappa shape index (κ3) is 4.01. The number of hydrogen-bond acceptors (Lipinski definition) is 5. The van der Waals surface area contributed by atoms with Crippen molar-refractivity contribution in [3.63, 3.8) is 0 Å². The summed E-state index contributed by atoms with van der Waals surface area (Å²) in [7, 11) is 0. The van der Waals surface area contributed by atoms with E-state index in [4.69, 9.17) is 9.15 Å². The van der Waals surface area contributed by atoms with Gasteiger partial charge in [-0.25, -0.2) is 4.39 Å². The van der Waals surface area contributed by atoms with Crippen LogP contribution in [0.2, 0.25) is 0 Å². The fraction of sp³-hybridized carbons (Fsp3) is 0.467. The molecule has 1 heterocycles. The number of nitrogens with one attached hydrogen (secondary N) is 1. The van der Waals surface area contributed by atoms with Crippen molar-refractivity contribution in [1.29, 1.82) is 0 Å². The van der Waals surface area contributed by atoms with Crippen molar-refractivity contribution in [3.8, 4) is 5.75 Å². The summed E-state index contributed by atoms with van der Waals surface area (Å²) in [4.78, 5) is 0. The van der Waals surface area contributed by atoms with Crippen LogP contribution in [0.1, 0.15) is 37.1 Å². The number of halogens is 1. The van der Waals surface area contributed by atoms with Crippen LogP contribution in [-0.4, -0.2) is 16.2 Å². The Balaban J connectivity index is 1.60. The maximum Gasteiger partial charge on any atom is 0.253 e.